The van der Waals surface area contributed by atoms with E-state index in [0.717, 1.165) is 48.0 Å². The van der Waals surface area contributed by atoms with Crippen LogP contribution in [0.15, 0.2) is 4.47 Å². The molecule has 0 aliphatic carbocycles. The third-order valence-corrected chi connectivity index (χ3v) is 3.86. The number of nitrogens with one attached hydrogen (secondary N) is 1. The second-order valence-corrected chi connectivity index (χ2v) is 5.67. The molecule has 0 bridgehead atoms. The number of hydrogen-bond donors (Lipinski definition) is 1. The molecule has 5 heteroatoms. The van der Waals surface area contributed by atoms with E-state index in [2.05, 4.69) is 47.0 Å². The first-order chi connectivity index (χ1) is 8.63. The van der Waals surface area contributed by atoms with Crippen molar-refractivity contribution in [1.29, 1.82) is 0 Å². The lowest BCUT2D eigenvalue weighted by atomic mass is 10.1. The van der Waals surface area contributed by atoms with E-state index in [4.69, 9.17) is 9.72 Å². The monoisotopic (exact) mass is 313 g/mol. The van der Waals surface area contributed by atoms with E-state index in [-0.39, 0.29) is 0 Å². The molecule has 0 aromatic carbocycles. The maximum absolute atomic E-state index is 5.43. The molecule has 2 rings (SSSR count). The summed E-state index contributed by atoms with van der Waals surface area (Å²) in [4.78, 5) is 9.36. The number of ether oxygens (including phenoxy) is 1. The van der Waals surface area contributed by atoms with Crippen LogP contribution in [0.25, 0.3) is 0 Å². The average Bonchev–Trinajstić information content (AvgIpc) is 2.85. The highest BCUT2D eigenvalue weighted by Crippen LogP contribution is 2.32. The van der Waals surface area contributed by atoms with Gasteiger partial charge in [0, 0.05) is 19.1 Å². The van der Waals surface area contributed by atoms with Crippen molar-refractivity contribution < 1.29 is 4.74 Å². The first-order valence-electron chi connectivity index (χ1n) is 6.52. The summed E-state index contributed by atoms with van der Waals surface area (Å²) in [5, 5.41) is 3.30. The Morgan fingerprint density at radius 2 is 2.22 bits per heavy atom. The molecule has 1 fully saturated rings. The van der Waals surface area contributed by atoms with E-state index in [1.54, 1.807) is 0 Å². The van der Waals surface area contributed by atoms with Crippen molar-refractivity contribution in [1.82, 2.24) is 9.97 Å². The summed E-state index contributed by atoms with van der Waals surface area (Å²) in [6.45, 7) is 8.79. The summed E-state index contributed by atoms with van der Waals surface area (Å²) in [6, 6.07) is 0. The van der Waals surface area contributed by atoms with E-state index in [1.807, 2.05) is 0 Å². The first kappa shape index (κ1) is 13.7. The maximum atomic E-state index is 5.43. The van der Waals surface area contributed by atoms with Crippen molar-refractivity contribution >= 4 is 21.7 Å². The van der Waals surface area contributed by atoms with Crippen LogP contribution in [0.2, 0.25) is 0 Å². The third kappa shape index (κ3) is 2.83. The lowest BCUT2D eigenvalue weighted by Crippen LogP contribution is -2.12. The smallest absolute Gasteiger partial charge is 0.144 e. The number of nitrogens with zero attached hydrogens (tertiary/aromatic N) is 2. The summed E-state index contributed by atoms with van der Waals surface area (Å²) in [5.41, 5.74) is 1.07. The molecule has 1 aromatic heterocycles. The predicted molar refractivity (Wildman–Crippen MR) is 76.2 cm³/mol. The molecule has 1 saturated heterocycles. The normalized spacial score (nSPS) is 19.5. The fourth-order valence-corrected chi connectivity index (χ4v) is 2.85. The average molecular weight is 314 g/mol. The van der Waals surface area contributed by atoms with E-state index in [9.17, 15) is 0 Å². The van der Waals surface area contributed by atoms with E-state index < -0.39 is 0 Å². The lowest BCUT2D eigenvalue weighted by Gasteiger charge is -2.16. The largest absolute Gasteiger partial charge is 0.381 e. The minimum atomic E-state index is 0.341. The molecule has 0 radical (unpaired) electrons. The molecule has 1 atom stereocenters. The lowest BCUT2D eigenvalue weighted by molar-refractivity contribution is 0.193. The summed E-state index contributed by atoms with van der Waals surface area (Å²) >= 11 is 3.61. The molecule has 1 aromatic rings. The Bertz CT molecular complexity index is 417. The van der Waals surface area contributed by atoms with Gasteiger partial charge in [-0.1, -0.05) is 13.8 Å². The van der Waals surface area contributed by atoms with Gasteiger partial charge in [-0.15, -0.1) is 0 Å². The Labute approximate surface area is 117 Å². The van der Waals surface area contributed by atoms with Crippen LogP contribution in [0.4, 0.5) is 5.82 Å². The van der Waals surface area contributed by atoms with Crippen LogP contribution in [-0.2, 0) is 4.74 Å². The molecular weight excluding hydrogens is 294 g/mol. The zero-order chi connectivity index (χ0) is 13.1. The molecule has 0 spiro atoms. The van der Waals surface area contributed by atoms with Gasteiger partial charge in [-0.2, -0.15) is 0 Å². The van der Waals surface area contributed by atoms with Crippen LogP contribution in [0.1, 0.15) is 50.5 Å². The predicted octanol–water partition coefficient (Wildman–Crippen LogP) is 3.30. The van der Waals surface area contributed by atoms with Gasteiger partial charge in [0.25, 0.3) is 0 Å². The molecular formula is C13H20BrN3O. The number of aromatic nitrogens is 2. The molecule has 1 N–H and O–H groups in total. The standard InChI is InChI=1S/C13H20BrN3O/c1-4-15-13-10(14)11(8(2)3)16-12(17-13)9-5-6-18-7-9/h8-9H,4-7H2,1-3H3,(H,15,16,17). The van der Waals surface area contributed by atoms with Crippen LogP contribution in [-0.4, -0.2) is 29.7 Å². The topological polar surface area (TPSA) is 47.0 Å². The summed E-state index contributed by atoms with van der Waals surface area (Å²) in [7, 11) is 0. The quantitative estimate of drug-likeness (QED) is 0.926. The minimum Gasteiger partial charge on any atom is -0.381 e. The van der Waals surface area contributed by atoms with Gasteiger partial charge in [0.1, 0.15) is 11.6 Å². The highest BCUT2D eigenvalue weighted by molar-refractivity contribution is 9.10. The van der Waals surface area contributed by atoms with Gasteiger partial charge in [-0.25, -0.2) is 9.97 Å². The van der Waals surface area contributed by atoms with Crippen molar-refractivity contribution in [3.05, 3.63) is 16.0 Å². The highest BCUT2D eigenvalue weighted by Gasteiger charge is 2.23. The maximum Gasteiger partial charge on any atom is 0.144 e. The second-order valence-electron chi connectivity index (χ2n) is 4.88. The Morgan fingerprint density at radius 3 is 2.78 bits per heavy atom. The fraction of sp³-hybridized carbons (Fsp3) is 0.692. The van der Waals surface area contributed by atoms with Crippen LogP contribution in [0.3, 0.4) is 0 Å². The van der Waals surface area contributed by atoms with Crippen LogP contribution in [0, 0.1) is 0 Å². The van der Waals surface area contributed by atoms with Gasteiger partial charge < -0.3 is 10.1 Å². The third-order valence-electron chi connectivity index (χ3n) is 3.08. The van der Waals surface area contributed by atoms with Crippen LogP contribution >= 0.6 is 15.9 Å². The SMILES string of the molecule is CCNc1nc(C2CCOC2)nc(C(C)C)c1Br. The van der Waals surface area contributed by atoms with Crippen molar-refractivity contribution in [2.24, 2.45) is 0 Å². The van der Waals surface area contributed by atoms with Gasteiger partial charge in [0.05, 0.1) is 16.8 Å². The number of rotatable bonds is 4. The van der Waals surface area contributed by atoms with Crippen molar-refractivity contribution in [3.8, 4) is 0 Å². The molecule has 2 heterocycles. The van der Waals surface area contributed by atoms with Crippen LogP contribution < -0.4 is 5.32 Å². The fourth-order valence-electron chi connectivity index (χ4n) is 2.07. The summed E-state index contributed by atoms with van der Waals surface area (Å²) in [6.07, 6.45) is 1.02. The van der Waals surface area contributed by atoms with E-state index in [1.165, 1.54) is 0 Å². The number of halogens is 1. The molecule has 4 nitrogen and oxygen atoms in total. The first-order valence-corrected chi connectivity index (χ1v) is 7.31. The Kier molecular flexibility index (Phi) is 4.56. The molecule has 18 heavy (non-hydrogen) atoms. The Morgan fingerprint density at radius 1 is 1.44 bits per heavy atom. The molecule has 0 amide bonds. The molecule has 1 unspecified atom stereocenters. The van der Waals surface area contributed by atoms with Gasteiger partial charge in [-0.3, -0.25) is 0 Å². The molecule has 1 aliphatic heterocycles. The number of anilines is 1. The number of hydrogen-bond acceptors (Lipinski definition) is 4. The zero-order valence-electron chi connectivity index (χ0n) is 11.2. The summed E-state index contributed by atoms with van der Waals surface area (Å²) < 4.78 is 6.42. The highest BCUT2D eigenvalue weighted by atomic mass is 79.9. The second kappa shape index (κ2) is 5.97. The van der Waals surface area contributed by atoms with Crippen molar-refractivity contribution in [3.63, 3.8) is 0 Å². The van der Waals surface area contributed by atoms with Gasteiger partial charge in [0.15, 0.2) is 0 Å². The Hall–Kier alpha value is -0.680. The molecule has 0 saturated carbocycles. The minimum absolute atomic E-state index is 0.341. The van der Waals surface area contributed by atoms with Gasteiger partial charge in [0.2, 0.25) is 0 Å². The Balaban J connectivity index is 2.40. The van der Waals surface area contributed by atoms with Gasteiger partial charge >= 0.3 is 0 Å². The zero-order valence-corrected chi connectivity index (χ0v) is 12.7. The molecule has 100 valence electrons. The van der Waals surface area contributed by atoms with E-state index >= 15 is 0 Å². The van der Waals surface area contributed by atoms with Gasteiger partial charge in [-0.05, 0) is 35.2 Å². The summed E-state index contributed by atoms with van der Waals surface area (Å²) in [5.74, 6) is 2.53. The van der Waals surface area contributed by atoms with E-state index in [0.29, 0.717) is 11.8 Å². The van der Waals surface area contributed by atoms with Crippen molar-refractivity contribution in [2.75, 3.05) is 25.1 Å². The van der Waals surface area contributed by atoms with Crippen LogP contribution in [0.5, 0.6) is 0 Å². The molecule has 1 aliphatic rings. The van der Waals surface area contributed by atoms with Crippen molar-refractivity contribution in [2.45, 2.75) is 39.0 Å².